The van der Waals surface area contributed by atoms with Gasteiger partial charge < -0.3 is 5.73 Å². The van der Waals surface area contributed by atoms with Gasteiger partial charge in [-0.25, -0.2) is 13.8 Å². The van der Waals surface area contributed by atoms with E-state index in [-0.39, 0.29) is 52.5 Å². The largest absolute Gasteiger partial charge is 0.433 e. The molecule has 0 spiro atoms. The molecule has 4 saturated carbocycles. The highest BCUT2D eigenvalue weighted by Gasteiger charge is 2.46. The lowest BCUT2D eigenvalue weighted by atomic mass is 9.83. The van der Waals surface area contributed by atoms with Gasteiger partial charge in [-0.2, -0.15) is 26.3 Å². The van der Waals surface area contributed by atoms with E-state index in [0.29, 0.717) is 47.0 Å². The molecule has 10 atom stereocenters. The van der Waals surface area contributed by atoms with E-state index in [2.05, 4.69) is 26.0 Å². The second kappa shape index (κ2) is 20.4. The first-order valence-electron chi connectivity index (χ1n) is 23.3. The van der Waals surface area contributed by atoms with E-state index < -0.39 is 23.7 Å². The average molecular weight is 978 g/mol. The van der Waals surface area contributed by atoms with Gasteiger partial charge in [-0.1, -0.05) is 19.9 Å². The third-order valence-electron chi connectivity index (χ3n) is 15.3. The average Bonchev–Trinajstić information content (AvgIpc) is 4.09. The van der Waals surface area contributed by atoms with Gasteiger partial charge in [0.2, 0.25) is 5.24 Å². The molecule has 0 aliphatic heterocycles. The van der Waals surface area contributed by atoms with E-state index >= 15 is 0 Å². The molecule has 2 N–H and O–H groups in total. The number of rotatable bonds is 8. The molecule has 0 amide bonds. The van der Waals surface area contributed by atoms with Crippen LogP contribution in [0.5, 0.6) is 0 Å². The maximum Gasteiger partial charge on any atom is 0.433 e. The van der Waals surface area contributed by atoms with Gasteiger partial charge in [0.25, 0.3) is 0 Å². The Morgan fingerprint density at radius 3 is 1.42 bits per heavy atom. The number of hydrogen-bond acceptors (Lipinski definition) is 7. The van der Waals surface area contributed by atoms with E-state index in [9.17, 15) is 44.7 Å². The first-order valence-corrected chi connectivity index (χ1v) is 23.7. The zero-order chi connectivity index (χ0) is 49.4. The first-order chi connectivity index (χ1) is 32.7. The lowest BCUT2D eigenvalue weighted by Gasteiger charge is -2.21. The van der Waals surface area contributed by atoms with Gasteiger partial charge in [-0.3, -0.25) is 24.5 Å². The summed E-state index contributed by atoms with van der Waals surface area (Å²) in [5.41, 5.74) is 8.07. The summed E-state index contributed by atoms with van der Waals surface area (Å²) in [4.78, 5) is 39.6. The van der Waals surface area contributed by atoms with Crippen molar-refractivity contribution >= 4 is 50.1 Å². The van der Waals surface area contributed by atoms with Crippen molar-refractivity contribution in [3.63, 3.8) is 0 Å². The minimum Gasteiger partial charge on any atom is -0.397 e. The number of Topliss-reactive ketones (excluding diaryl/α,β-unsaturated/α-hetero) is 1. The van der Waals surface area contributed by atoms with Gasteiger partial charge in [-0.15, -0.1) is 0 Å². The maximum absolute atomic E-state index is 13.9. The number of ketones is 1. The molecule has 6 unspecified atom stereocenters. The van der Waals surface area contributed by atoms with Gasteiger partial charge in [0.15, 0.2) is 0 Å². The van der Waals surface area contributed by atoms with E-state index in [4.69, 9.17) is 17.3 Å². The Bertz CT molecular complexity index is 2760. The topological polar surface area (TPSA) is 112 Å². The fourth-order valence-corrected chi connectivity index (χ4v) is 11.9. The Morgan fingerprint density at radius 2 is 1.03 bits per heavy atom. The number of benzene rings is 2. The van der Waals surface area contributed by atoms with Crippen LogP contribution in [0.15, 0.2) is 97.6 Å². The van der Waals surface area contributed by atoms with Crippen LogP contribution in [0.2, 0.25) is 0 Å². The second-order valence-corrected chi connectivity index (χ2v) is 19.9. The predicted molar refractivity (Wildman–Crippen MR) is 248 cm³/mol. The van der Waals surface area contributed by atoms with Crippen LogP contribution in [-0.2, 0) is 28.4 Å². The molecule has 4 aliphatic rings. The Balaban J connectivity index is 0.000000158. The molecule has 2 aromatic carbocycles. The summed E-state index contributed by atoms with van der Waals surface area (Å²) in [6.45, 7) is 3.90. The molecule has 4 fully saturated rings. The number of nitrogen functional groups attached to an aromatic ring is 1. The highest BCUT2D eigenvalue weighted by Crippen LogP contribution is 2.56. The van der Waals surface area contributed by atoms with Gasteiger partial charge >= 0.3 is 12.4 Å². The van der Waals surface area contributed by atoms with E-state index in [1.54, 1.807) is 30.5 Å². The molecule has 364 valence electrons. The number of aromatic nitrogens is 4. The maximum atomic E-state index is 13.9. The zero-order valence-corrected chi connectivity index (χ0v) is 38.7. The van der Waals surface area contributed by atoms with Crippen LogP contribution in [0.3, 0.4) is 0 Å². The van der Waals surface area contributed by atoms with Crippen molar-refractivity contribution in [2.24, 2.45) is 47.3 Å². The van der Waals surface area contributed by atoms with Crippen LogP contribution in [0.4, 0.5) is 40.8 Å². The number of carbonyl (C=O) groups is 2. The molecule has 0 bridgehead atoms. The monoisotopic (exact) mass is 977 g/mol. The summed E-state index contributed by atoms with van der Waals surface area (Å²) in [6.07, 6.45) is 5.47. The van der Waals surface area contributed by atoms with Gasteiger partial charge in [0.05, 0.1) is 22.9 Å². The summed E-state index contributed by atoms with van der Waals surface area (Å²) in [6, 6.07) is 17.9. The number of alkyl halides is 6. The smallest absolute Gasteiger partial charge is 0.397 e. The number of nitrogens with zero attached hydrogens (tertiary/aromatic N) is 4. The third-order valence-corrected chi connectivity index (χ3v) is 15.7. The zero-order valence-electron chi connectivity index (χ0n) is 38.0. The predicted octanol–water partition coefficient (Wildman–Crippen LogP) is 13.7. The molecule has 4 heterocycles. The quantitative estimate of drug-likeness (QED) is 0.119. The van der Waals surface area contributed by atoms with Gasteiger partial charge in [0.1, 0.15) is 28.8 Å². The van der Waals surface area contributed by atoms with Crippen molar-refractivity contribution in [2.45, 2.75) is 95.8 Å². The van der Waals surface area contributed by atoms with Crippen molar-refractivity contribution < 1.29 is 44.7 Å². The van der Waals surface area contributed by atoms with Gasteiger partial charge in [0, 0.05) is 47.6 Å². The number of hydrogen-bond donors (Lipinski definition) is 1. The standard InChI is InChI=1S/C27H26F4N2O.C20H21ClFNO.C6H5F3N2/c1-15(25(34)8-16-2-5-26(33-14-16)27(29,30)31)17-9-18-11-20(12-19(18)10-17)22-6-7-32-24-4-3-21(28)13-23(22)24;1-11(20(21)24)12-6-13-8-15(9-14(13)7-12)17-4-5-23-19-3-2-16(22)10-18(17)19;7-6(8,9)5-2-1-4(10)3-11-5/h2-7,13-15,17-20H,8-12H2,1H3;2-5,10-15H,6-9H2,1H3;1-3H,10H2/t15?,17?,18-,19+,20?;11?,12?,13-,14+,15?;. The lowest BCUT2D eigenvalue weighted by molar-refractivity contribution is -0.142. The summed E-state index contributed by atoms with van der Waals surface area (Å²) in [5.74, 6) is 3.38. The summed E-state index contributed by atoms with van der Waals surface area (Å²) < 4.78 is 101. The SMILES string of the molecule is CC(C(=O)Cc1ccc(C(F)(F)F)nc1)C1C[C@H]2CC(c3ccnc4ccc(F)cc34)C[C@H]2C1.CC(C(=O)Cl)C1C[C@H]2CC(c3ccnc4ccc(F)cc34)C[C@H]2C1.Nc1ccc(C(F)(F)F)nc1. The highest BCUT2D eigenvalue weighted by molar-refractivity contribution is 6.63. The molecule has 7 nitrogen and oxygen atoms in total. The van der Waals surface area contributed by atoms with Crippen LogP contribution >= 0.6 is 11.6 Å². The molecule has 0 saturated heterocycles. The number of nitrogens with two attached hydrogens (primary N) is 1. The molecular formula is C53H52ClF8N5O2. The van der Waals surface area contributed by atoms with Crippen molar-refractivity contribution in [2.75, 3.05) is 5.73 Å². The van der Waals surface area contributed by atoms with Crippen molar-refractivity contribution in [3.05, 3.63) is 137 Å². The molecular weight excluding hydrogens is 926 g/mol. The minimum absolute atomic E-state index is 0.0356. The first kappa shape index (κ1) is 49.8. The number of carbonyl (C=O) groups excluding carboxylic acids is 2. The van der Waals surface area contributed by atoms with E-state index in [0.717, 1.165) is 109 Å². The van der Waals surface area contributed by atoms with Crippen LogP contribution in [0.1, 0.15) is 105 Å². The van der Waals surface area contributed by atoms with Gasteiger partial charge in [-0.05, 0) is 194 Å². The van der Waals surface area contributed by atoms with Crippen molar-refractivity contribution in [1.82, 2.24) is 19.9 Å². The van der Waals surface area contributed by atoms with Crippen molar-refractivity contribution in [3.8, 4) is 0 Å². The lowest BCUT2D eigenvalue weighted by Crippen LogP contribution is -2.22. The number of fused-ring (bicyclic) bond motifs is 4. The third kappa shape index (κ3) is 11.6. The fraction of sp³-hybridized carbons (Fsp3) is 0.434. The minimum atomic E-state index is -4.48. The second-order valence-electron chi connectivity index (χ2n) is 19.5. The summed E-state index contributed by atoms with van der Waals surface area (Å²) in [5, 5.41) is 1.63. The van der Waals surface area contributed by atoms with Crippen molar-refractivity contribution in [1.29, 1.82) is 0 Å². The van der Waals surface area contributed by atoms with E-state index in [1.165, 1.54) is 23.8 Å². The molecule has 16 heteroatoms. The molecule has 69 heavy (non-hydrogen) atoms. The molecule has 0 radical (unpaired) electrons. The Hall–Kier alpha value is -5.57. The van der Waals surface area contributed by atoms with Crippen LogP contribution < -0.4 is 5.73 Å². The summed E-state index contributed by atoms with van der Waals surface area (Å²) in [7, 11) is 0. The normalized spacial score (nSPS) is 25.0. The molecule has 4 aromatic heterocycles. The molecule has 4 aliphatic carbocycles. The summed E-state index contributed by atoms with van der Waals surface area (Å²) >= 11 is 5.69. The number of pyridine rings is 4. The highest BCUT2D eigenvalue weighted by atomic mass is 35.5. The molecule has 10 rings (SSSR count). The Labute approximate surface area is 399 Å². The Kier molecular flexibility index (Phi) is 14.7. The number of halogens is 9. The molecule has 6 aromatic rings. The van der Waals surface area contributed by atoms with Crippen LogP contribution in [-0.4, -0.2) is 31.0 Å². The Morgan fingerprint density at radius 1 is 0.594 bits per heavy atom. The fourth-order valence-electron chi connectivity index (χ4n) is 11.7. The van der Waals surface area contributed by atoms with Crippen LogP contribution in [0, 0.1) is 59.0 Å². The number of anilines is 1. The van der Waals surface area contributed by atoms with E-state index in [1.807, 2.05) is 26.1 Å². The van der Waals surface area contributed by atoms with Crippen LogP contribution in [0.25, 0.3) is 21.8 Å².